The second-order valence-corrected chi connectivity index (χ2v) is 6.12. The van der Waals surface area contributed by atoms with E-state index in [-0.39, 0.29) is 0 Å². The Bertz CT molecular complexity index is 483. The lowest BCUT2D eigenvalue weighted by Crippen LogP contribution is -2.56. The van der Waals surface area contributed by atoms with Crippen molar-refractivity contribution < 1.29 is 29.4 Å². The van der Waals surface area contributed by atoms with Gasteiger partial charge in [-0.2, -0.15) is 0 Å². The minimum absolute atomic E-state index is 0.341. The molecule has 0 aromatic rings. The Morgan fingerprint density at radius 1 is 1.00 bits per heavy atom. The van der Waals surface area contributed by atoms with Gasteiger partial charge in [0.25, 0.3) is 0 Å². The van der Waals surface area contributed by atoms with Crippen LogP contribution in [0.3, 0.4) is 0 Å². The number of hydrogen-bond acceptors (Lipinski definition) is 6. The molecule has 0 aromatic carbocycles. The monoisotopic (exact) mass is 360 g/mol. The topological polar surface area (TPSA) is 185 Å². The number of nitrogens with one attached hydrogen (secondary N) is 2. The van der Waals surface area contributed by atoms with Gasteiger partial charge >= 0.3 is 11.9 Å². The summed E-state index contributed by atoms with van der Waals surface area (Å²) in [5.41, 5.74) is 11.1. The Morgan fingerprint density at radius 3 is 2.04 bits per heavy atom. The lowest BCUT2D eigenvalue weighted by Gasteiger charge is -2.23. The number of carbonyl (C=O) groups is 4. The molecule has 0 spiro atoms. The minimum Gasteiger partial charge on any atom is -0.481 e. The van der Waals surface area contributed by atoms with Gasteiger partial charge in [0.05, 0.1) is 12.5 Å². The molecule has 0 radical (unpaired) electrons. The smallest absolute Gasteiger partial charge is 0.326 e. The van der Waals surface area contributed by atoms with E-state index in [9.17, 15) is 19.2 Å². The van der Waals surface area contributed by atoms with E-state index < -0.39 is 54.2 Å². The van der Waals surface area contributed by atoms with Crippen molar-refractivity contribution in [1.82, 2.24) is 10.6 Å². The fourth-order valence-electron chi connectivity index (χ4n) is 2.07. The summed E-state index contributed by atoms with van der Waals surface area (Å²) >= 11 is 0. The molecule has 0 heterocycles. The van der Waals surface area contributed by atoms with Crippen LogP contribution in [-0.2, 0) is 19.2 Å². The van der Waals surface area contributed by atoms with E-state index in [2.05, 4.69) is 10.6 Å². The third-order valence-electron chi connectivity index (χ3n) is 3.55. The maximum absolute atomic E-state index is 12.2. The molecule has 25 heavy (non-hydrogen) atoms. The predicted molar refractivity (Wildman–Crippen MR) is 89.5 cm³/mol. The lowest BCUT2D eigenvalue weighted by molar-refractivity contribution is -0.144. The summed E-state index contributed by atoms with van der Waals surface area (Å²) < 4.78 is 0. The van der Waals surface area contributed by atoms with Crippen LogP contribution in [0.4, 0.5) is 0 Å². The molecule has 0 aromatic heterocycles. The molecule has 144 valence electrons. The summed E-state index contributed by atoms with van der Waals surface area (Å²) in [6.07, 6.45) is 0.968. The van der Waals surface area contributed by atoms with Crippen molar-refractivity contribution in [1.29, 1.82) is 0 Å². The van der Waals surface area contributed by atoms with Gasteiger partial charge in [-0.25, -0.2) is 4.79 Å². The normalized spacial score (nSPS) is 14.4. The predicted octanol–water partition coefficient (Wildman–Crippen LogP) is -1.37. The van der Waals surface area contributed by atoms with Crippen molar-refractivity contribution in [2.45, 2.75) is 57.7 Å². The van der Waals surface area contributed by atoms with Crippen LogP contribution in [0.5, 0.6) is 0 Å². The first-order valence-electron chi connectivity index (χ1n) is 8.11. The molecule has 8 N–H and O–H groups in total. The number of unbranched alkanes of at least 4 members (excludes halogenated alkanes) is 1. The summed E-state index contributed by atoms with van der Waals surface area (Å²) in [5.74, 6) is -4.53. The van der Waals surface area contributed by atoms with Gasteiger partial charge in [-0.05, 0) is 25.3 Å². The van der Waals surface area contributed by atoms with E-state index in [1.165, 1.54) is 0 Å². The zero-order chi connectivity index (χ0) is 19.6. The van der Waals surface area contributed by atoms with E-state index in [0.717, 1.165) is 0 Å². The van der Waals surface area contributed by atoms with Crippen LogP contribution in [0.15, 0.2) is 0 Å². The van der Waals surface area contributed by atoms with Crippen LogP contribution in [0.1, 0.15) is 39.5 Å². The number of carboxylic acids is 2. The number of nitrogens with two attached hydrogens (primary N) is 2. The van der Waals surface area contributed by atoms with Crippen LogP contribution < -0.4 is 22.1 Å². The third-order valence-corrected chi connectivity index (χ3v) is 3.55. The number of rotatable bonds is 12. The van der Waals surface area contributed by atoms with Gasteiger partial charge in [-0.1, -0.05) is 20.3 Å². The summed E-state index contributed by atoms with van der Waals surface area (Å²) in [6.45, 7) is 3.65. The molecule has 0 rings (SSSR count). The highest BCUT2D eigenvalue weighted by Gasteiger charge is 2.30. The van der Waals surface area contributed by atoms with E-state index in [1.807, 2.05) is 0 Å². The minimum atomic E-state index is -1.41. The molecule has 3 atom stereocenters. The van der Waals surface area contributed by atoms with Crippen molar-refractivity contribution in [3.05, 3.63) is 0 Å². The lowest BCUT2D eigenvalue weighted by atomic mass is 10.0. The Morgan fingerprint density at radius 2 is 1.60 bits per heavy atom. The average Bonchev–Trinajstić information content (AvgIpc) is 2.50. The first-order valence-corrected chi connectivity index (χ1v) is 8.11. The summed E-state index contributed by atoms with van der Waals surface area (Å²) in [4.78, 5) is 46.3. The molecule has 0 saturated carbocycles. The van der Waals surface area contributed by atoms with Gasteiger partial charge in [0.2, 0.25) is 11.8 Å². The van der Waals surface area contributed by atoms with Crippen LogP contribution >= 0.6 is 0 Å². The number of carboxylic acid groups (broad SMARTS) is 2. The Balaban J connectivity index is 4.93. The number of hydrogen-bond donors (Lipinski definition) is 6. The van der Waals surface area contributed by atoms with E-state index >= 15 is 0 Å². The molecular formula is C15H28N4O6. The van der Waals surface area contributed by atoms with Crippen molar-refractivity contribution in [3.63, 3.8) is 0 Å². The summed E-state index contributed by atoms with van der Waals surface area (Å²) in [7, 11) is 0. The van der Waals surface area contributed by atoms with Crippen molar-refractivity contribution in [3.8, 4) is 0 Å². The van der Waals surface area contributed by atoms with Crippen LogP contribution in [0.25, 0.3) is 0 Å². The molecule has 10 heteroatoms. The zero-order valence-electron chi connectivity index (χ0n) is 14.5. The fraction of sp³-hybridized carbons (Fsp3) is 0.733. The highest BCUT2D eigenvalue weighted by atomic mass is 16.4. The molecule has 10 nitrogen and oxygen atoms in total. The molecule has 0 aliphatic rings. The Kier molecular flexibility index (Phi) is 10.4. The molecule has 0 aliphatic heterocycles. The van der Waals surface area contributed by atoms with Crippen molar-refractivity contribution in [2.75, 3.05) is 6.54 Å². The van der Waals surface area contributed by atoms with Gasteiger partial charge < -0.3 is 32.3 Å². The second-order valence-electron chi connectivity index (χ2n) is 6.12. The first-order chi connectivity index (χ1) is 11.6. The summed E-state index contributed by atoms with van der Waals surface area (Å²) in [5, 5.41) is 22.5. The molecule has 3 unspecified atom stereocenters. The van der Waals surface area contributed by atoms with Crippen LogP contribution in [0.2, 0.25) is 0 Å². The zero-order valence-corrected chi connectivity index (χ0v) is 14.5. The van der Waals surface area contributed by atoms with Crippen LogP contribution in [0, 0.1) is 5.92 Å². The highest BCUT2D eigenvalue weighted by molar-refractivity contribution is 5.93. The average molecular weight is 360 g/mol. The van der Waals surface area contributed by atoms with Crippen LogP contribution in [-0.4, -0.2) is 58.6 Å². The molecule has 2 amide bonds. The number of aliphatic carboxylic acids is 2. The van der Waals surface area contributed by atoms with E-state index in [0.29, 0.717) is 25.8 Å². The second kappa shape index (κ2) is 11.4. The molecule has 0 aliphatic carbocycles. The van der Waals surface area contributed by atoms with Crippen molar-refractivity contribution >= 4 is 23.8 Å². The highest BCUT2D eigenvalue weighted by Crippen LogP contribution is 2.05. The third kappa shape index (κ3) is 9.01. The molecule has 0 bridgehead atoms. The van der Waals surface area contributed by atoms with Gasteiger partial charge in [0, 0.05) is 0 Å². The van der Waals surface area contributed by atoms with Crippen molar-refractivity contribution in [2.24, 2.45) is 17.4 Å². The number of amides is 2. The first kappa shape index (κ1) is 22.8. The number of carbonyl (C=O) groups excluding carboxylic acids is 2. The van der Waals surface area contributed by atoms with E-state index in [1.54, 1.807) is 13.8 Å². The van der Waals surface area contributed by atoms with Gasteiger partial charge in [0.15, 0.2) is 0 Å². The molecule has 0 saturated heterocycles. The van der Waals surface area contributed by atoms with Gasteiger partial charge in [-0.3, -0.25) is 14.4 Å². The van der Waals surface area contributed by atoms with E-state index in [4.69, 9.17) is 21.7 Å². The van der Waals surface area contributed by atoms with Gasteiger partial charge in [0.1, 0.15) is 12.1 Å². The molecule has 0 fully saturated rings. The maximum Gasteiger partial charge on any atom is 0.326 e. The SMILES string of the molecule is CC(C)C(NC(=O)C(CC(=O)O)NC(=O)C(N)CCCCN)C(=O)O. The molecular weight excluding hydrogens is 332 g/mol. The fourth-order valence-corrected chi connectivity index (χ4v) is 2.07. The largest absolute Gasteiger partial charge is 0.481 e. The van der Waals surface area contributed by atoms with Gasteiger partial charge in [-0.15, -0.1) is 0 Å². The maximum atomic E-state index is 12.2. The summed E-state index contributed by atoms with van der Waals surface area (Å²) in [6, 6.07) is -3.51. The Labute approximate surface area is 146 Å². The Hall–Kier alpha value is -2.20. The standard InChI is InChI=1S/C15H28N4O6/c1-8(2)12(15(24)25)19-14(23)10(7-11(20)21)18-13(22)9(17)5-3-4-6-16/h8-10,12H,3-7,16-17H2,1-2H3,(H,18,22)(H,19,23)(H,20,21)(H,24,25). The quantitative estimate of drug-likeness (QED) is 0.230.